The summed E-state index contributed by atoms with van der Waals surface area (Å²) in [6.07, 6.45) is 0. The highest BCUT2D eigenvalue weighted by molar-refractivity contribution is 7.99. The summed E-state index contributed by atoms with van der Waals surface area (Å²) in [5.41, 5.74) is 2.68. The van der Waals surface area contributed by atoms with Crippen LogP contribution in [-0.4, -0.2) is 46.2 Å². The zero-order valence-corrected chi connectivity index (χ0v) is 18.9. The van der Waals surface area contributed by atoms with E-state index in [2.05, 4.69) is 34.3 Å². The van der Waals surface area contributed by atoms with Gasteiger partial charge in [0, 0.05) is 30.0 Å². The van der Waals surface area contributed by atoms with Gasteiger partial charge in [-0.25, -0.2) is 4.68 Å². The Kier molecular flexibility index (Phi) is 7.77. The fourth-order valence-electron chi connectivity index (χ4n) is 3.14. The summed E-state index contributed by atoms with van der Waals surface area (Å²) >= 11 is 1.23. The summed E-state index contributed by atoms with van der Waals surface area (Å²) in [6.45, 7) is 8.62. The minimum absolute atomic E-state index is 0.136. The average Bonchev–Trinajstić information content (AvgIpc) is 3.15. The van der Waals surface area contributed by atoms with Crippen molar-refractivity contribution in [3.63, 3.8) is 0 Å². The Morgan fingerprint density at radius 2 is 1.87 bits per heavy atom. The number of aromatic nitrogens is 3. The van der Waals surface area contributed by atoms with Gasteiger partial charge in [-0.15, -0.1) is 10.2 Å². The first-order chi connectivity index (χ1) is 15.0. The van der Waals surface area contributed by atoms with E-state index in [0.29, 0.717) is 17.6 Å². The molecule has 0 bridgehead atoms. The molecule has 0 radical (unpaired) electrons. The highest BCUT2D eigenvalue weighted by Gasteiger charge is 2.14. The second kappa shape index (κ2) is 10.7. The molecule has 0 aliphatic heterocycles. The smallest absolute Gasteiger partial charge is 0.234 e. The maximum absolute atomic E-state index is 12.4. The van der Waals surface area contributed by atoms with Gasteiger partial charge < -0.3 is 20.8 Å². The van der Waals surface area contributed by atoms with Crippen LogP contribution in [0.2, 0.25) is 0 Å². The van der Waals surface area contributed by atoms with Crippen LogP contribution in [0.1, 0.15) is 20.8 Å². The molecule has 9 heteroatoms. The second-order valence-corrected chi connectivity index (χ2v) is 7.64. The Bertz CT molecular complexity index is 1000. The molecule has 0 saturated carbocycles. The molecule has 0 unspecified atom stereocenters. The number of hydrogen-bond acceptors (Lipinski definition) is 7. The summed E-state index contributed by atoms with van der Waals surface area (Å²) in [4.78, 5) is 14.6. The molecule has 1 heterocycles. The Morgan fingerprint density at radius 1 is 1.13 bits per heavy atom. The molecule has 3 rings (SSSR count). The SMILES string of the molecule is CCOc1cccc(-c2nnc(SCC(=O)Nc3ccc(N(CC)CC)cc3)n2N)c1. The number of carbonyl (C=O) groups is 1. The first-order valence-corrected chi connectivity index (χ1v) is 11.3. The number of carbonyl (C=O) groups excluding carboxylic acids is 1. The summed E-state index contributed by atoms with van der Waals surface area (Å²) in [6, 6.07) is 15.3. The van der Waals surface area contributed by atoms with Crippen LogP contribution < -0.4 is 20.8 Å². The topological polar surface area (TPSA) is 98.3 Å². The highest BCUT2D eigenvalue weighted by Crippen LogP contribution is 2.25. The lowest BCUT2D eigenvalue weighted by molar-refractivity contribution is -0.113. The largest absolute Gasteiger partial charge is 0.494 e. The van der Waals surface area contributed by atoms with E-state index in [0.717, 1.165) is 35.8 Å². The fourth-order valence-corrected chi connectivity index (χ4v) is 3.79. The number of nitrogens with one attached hydrogen (secondary N) is 1. The Morgan fingerprint density at radius 3 is 2.55 bits per heavy atom. The molecule has 0 fully saturated rings. The molecule has 3 aromatic rings. The lowest BCUT2D eigenvalue weighted by atomic mass is 10.2. The molecule has 8 nitrogen and oxygen atoms in total. The quantitative estimate of drug-likeness (QED) is 0.367. The number of nitrogens with zero attached hydrogens (tertiary/aromatic N) is 4. The summed E-state index contributed by atoms with van der Waals surface area (Å²) in [5.74, 6) is 7.45. The van der Waals surface area contributed by atoms with Gasteiger partial charge in [0.25, 0.3) is 0 Å². The van der Waals surface area contributed by atoms with E-state index < -0.39 is 0 Å². The Hall–Kier alpha value is -3.20. The molecule has 1 amide bonds. The van der Waals surface area contributed by atoms with Crippen molar-refractivity contribution in [3.8, 4) is 17.1 Å². The van der Waals surface area contributed by atoms with E-state index in [4.69, 9.17) is 10.6 Å². The van der Waals surface area contributed by atoms with Gasteiger partial charge in [0.2, 0.25) is 11.1 Å². The van der Waals surface area contributed by atoms with Gasteiger partial charge in [-0.3, -0.25) is 4.79 Å². The first-order valence-electron chi connectivity index (χ1n) is 10.3. The summed E-state index contributed by atoms with van der Waals surface area (Å²) in [7, 11) is 0. The van der Waals surface area contributed by atoms with Gasteiger partial charge in [-0.2, -0.15) is 0 Å². The van der Waals surface area contributed by atoms with Crippen molar-refractivity contribution < 1.29 is 9.53 Å². The zero-order valence-electron chi connectivity index (χ0n) is 18.0. The third-order valence-corrected chi connectivity index (χ3v) is 5.62. The number of nitrogen functional groups attached to an aromatic ring is 1. The molecule has 2 aromatic carbocycles. The Labute approximate surface area is 186 Å². The van der Waals surface area contributed by atoms with Crippen molar-refractivity contribution in [2.24, 2.45) is 0 Å². The Balaban J connectivity index is 1.59. The van der Waals surface area contributed by atoms with Crippen LogP contribution >= 0.6 is 11.8 Å². The number of rotatable bonds is 10. The van der Waals surface area contributed by atoms with Crippen LogP contribution in [0.15, 0.2) is 53.7 Å². The molecule has 0 atom stereocenters. The summed E-state index contributed by atoms with van der Waals surface area (Å²) < 4.78 is 6.92. The zero-order chi connectivity index (χ0) is 22.2. The van der Waals surface area contributed by atoms with E-state index >= 15 is 0 Å². The monoisotopic (exact) mass is 440 g/mol. The first kappa shape index (κ1) is 22.5. The number of benzene rings is 2. The van der Waals surface area contributed by atoms with Crippen LogP contribution in [-0.2, 0) is 4.79 Å². The molecular weight excluding hydrogens is 412 g/mol. The molecule has 1 aromatic heterocycles. The maximum atomic E-state index is 12.4. The molecule has 0 aliphatic rings. The molecule has 0 aliphatic carbocycles. The van der Waals surface area contributed by atoms with Crippen LogP contribution in [0.5, 0.6) is 5.75 Å². The van der Waals surface area contributed by atoms with Gasteiger partial charge >= 0.3 is 0 Å². The van der Waals surface area contributed by atoms with Crippen molar-refractivity contribution >= 4 is 29.0 Å². The van der Waals surface area contributed by atoms with Crippen molar-refractivity contribution in [2.75, 3.05) is 41.5 Å². The predicted octanol–water partition coefficient (Wildman–Crippen LogP) is 3.63. The average molecular weight is 441 g/mol. The molecule has 3 N–H and O–H groups in total. The van der Waals surface area contributed by atoms with Gasteiger partial charge in [-0.05, 0) is 57.2 Å². The van der Waals surface area contributed by atoms with Gasteiger partial charge in [0.15, 0.2) is 5.82 Å². The van der Waals surface area contributed by atoms with Gasteiger partial charge in [-0.1, -0.05) is 23.9 Å². The van der Waals surface area contributed by atoms with Crippen LogP contribution in [0.25, 0.3) is 11.4 Å². The van der Waals surface area contributed by atoms with E-state index in [1.54, 1.807) is 0 Å². The third kappa shape index (κ3) is 5.69. The number of nitrogens with two attached hydrogens (primary N) is 1. The van der Waals surface area contributed by atoms with E-state index in [1.165, 1.54) is 16.4 Å². The maximum Gasteiger partial charge on any atom is 0.234 e. The summed E-state index contributed by atoms with van der Waals surface area (Å²) in [5, 5.41) is 11.7. The van der Waals surface area contributed by atoms with Crippen LogP contribution in [0.4, 0.5) is 11.4 Å². The molecule has 0 spiro atoms. The predicted molar refractivity (Wildman–Crippen MR) is 126 cm³/mol. The minimum Gasteiger partial charge on any atom is -0.494 e. The number of ether oxygens (including phenoxy) is 1. The lowest BCUT2D eigenvalue weighted by Gasteiger charge is -2.21. The number of thioether (sulfide) groups is 1. The van der Waals surface area contributed by atoms with Gasteiger partial charge in [0.05, 0.1) is 12.4 Å². The highest BCUT2D eigenvalue weighted by atomic mass is 32.2. The van der Waals surface area contributed by atoms with E-state index in [-0.39, 0.29) is 11.7 Å². The molecule has 164 valence electrons. The number of anilines is 2. The molecule has 31 heavy (non-hydrogen) atoms. The normalized spacial score (nSPS) is 10.7. The second-order valence-electron chi connectivity index (χ2n) is 6.69. The van der Waals surface area contributed by atoms with Crippen molar-refractivity contribution in [2.45, 2.75) is 25.9 Å². The van der Waals surface area contributed by atoms with Crippen molar-refractivity contribution in [1.82, 2.24) is 14.9 Å². The van der Waals surface area contributed by atoms with Crippen LogP contribution in [0, 0.1) is 0 Å². The van der Waals surface area contributed by atoms with E-state index in [1.807, 2.05) is 55.5 Å². The fraction of sp³-hybridized carbons (Fsp3) is 0.318. The van der Waals surface area contributed by atoms with Crippen LogP contribution in [0.3, 0.4) is 0 Å². The minimum atomic E-state index is -0.136. The molecular formula is C22H28N6O2S. The number of hydrogen-bond donors (Lipinski definition) is 2. The lowest BCUT2D eigenvalue weighted by Crippen LogP contribution is -2.21. The van der Waals surface area contributed by atoms with E-state index in [9.17, 15) is 4.79 Å². The van der Waals surface area contributed by atoms with Crippen molar-refractivity contribution in [3.05, 3.63) is 48.5 Å². The third-order valence-electron chi connectivity index (χ3n) is 4.68. The number of amides is 1. The van der Waals surface area contributed by atoms with Gasteiger partial charge in [0.1, 0.15) is 5.75 Å². The molecule has 0 saturated heterocycles. The van der Waals surface area contributed by atoms with Crippen molar-refractivity contribution in [1.29, 1.82) is 0 Å². The standard InChI is InChI=1S/C22H28N6O2S/c1-4-27(5-2)18-12-10-17(11-13-18)24-20(29)15-31-22-26-25-21(28(22)23)16-8-7-9-19(14-16)30-6-3/h7-14H,4-6,15,23H2,1-3H3,(H,24,29).